The van der Waals surface area contributed by atoms with Gasteiger partial charge in [0.05, 0.1) is 18.9 Å². The van der Waals surface area contributed by atoms with E-state index < -0.39 is 17.9 Å². The van der Waals surface area contributed by atoms with Crippen LogP contribution in [0.4, 0.5) is 0 Å². The fourth-order valence-corrected chi connectivity index (χ4v) is 2.28. The fourth-order valence-electron chi connectivity index (χ4n) is 2.28. The molecule has 0 saturated heterocycles. The minimum atomic E-state index is -1.000. The molecule has 0 radical (unpaired) electrons. The fraction of sp³-hybridized carbons (Fsp3) is 0.556. The molecule has 0 saturated carbocycles. The average Bonchev–Trinajstić information content (AvgIpc) is 2.48. The minimum absolute atomic E-state index is 0.120. The normalized spacial score (nSPS) is 12.1. The molecule has 0 aromatic heterocycles. The van der Waals surface area contributed by atoms with Crippen LogP contribution >= 0.6 is 0 Å². The number of hydrogen-bond donors (Lipinski definition) is 1. The van der Waals surface area contributed by atoms with Gasteiger partial charge in [-0.2, -0.15) is 0 Å². The van der Waals surface area contributed by atoms with E-state index in [2.05, 4.69) is 13.8 Å². The molecule has 1 N–H and O–H groups in total. The smallest absolute Gasteiger partial charge is 0.311 e. The number of carboxylic acids is 1. The predicted molar refractivity (Wildman–Crippen MR) is 85.7 cm³/mol. The Morgan fingerprint density at radius 3 is 2.36 bits per heavy atom. The van der Waals surface area contributed by atoms with E-state index >= 15 is 0 Å². The molecule has 1 unspecified atom stereocenters. The summed E-state index contributed by atoms with van der Waals surface area (Å²) >= 11 is 0. The van der Waals surface area contributed by atoms with Crippen molar-refractivity contribution in [3.05, 3.63) is 35.9 Å². The van der Waals surface area contributed by atoms with E-state index in [0.717, 1.165) is 19.3 Å². The zero-order valence-corrected chi connectivity index (χ0v) is 13.5. The number of esters is 1. The highest BCUT2D eigenvalue weighted by molar-refractivity contribution is 5.83. The van der Waals surface area contributed by atoms with Gasteiger partial charge >= 0.3 is 11.9 Å². The van der Waals surface area contributed by atoms with Gasteiger partial charge in [-0.05, 0) is 17.9 Å². The summed E-state index contributed by atoms with van der Waals surface area (Å²) in [5.41, 5.74) is 0.629. The summed E-state index contributed by atoms with van der Waals surface area (Å²) in [5.74, 6) is -1.58. The second-order valence-corrected chi connectivity index (χ2v) is 5.97. The predicted octanol–water partition coefficient (Wildman–Crippen LogP) is 4.00. The topological polar surface area (TPSA) is 63.6 Å². The van der Waals surface area contributed by atoms with Gasteiger partial charge in [-0.3, -0.25) is 9.59 Å². The third kappa shape index (κ3) is 7.25. The van der Waals surface area contributed by atoms with Crippen LogP contribution in [0.3, 0.4) is 0 Å². The van der Waals surface area contributed by atoms with Crippen molar-refractivity contribution in [2.45, 2.75) is 51.9 Å². The van der Waals surface area contributed by atoms with Gasteiger partial charge in [-0.1, -0.05) is 63.4 Å². The van der Waals surface area contributed by atoms with Crippen LogP contribution < -0.4 is 0 Å². The lowest BCUT2D eigenvalue weighted by molar-refractivity contribution is -0.149. The number of unbranched alkanes of at least 4 members (excludes halogenated alkanes) is 2. The Morgan fingerprint density at radius 1 is 1.09 bits per heavy atom. The Hall–Kier alpha value is -1.84. The van der Waals surface area contributed by atoms with Crippen LogP contribution in [-0.2, 0) is 14.3 Å². The Labute approximate surface area is 132 Å². The van der Waals surface area contributed by atoms with Crippen molar-refractivity contribution in [3.8, 4) is 0 Å². The molecule has 0 aliphatic rings. The van der Waals surface area contributed by atoms with Crippen molar-refractivity contribution in [1.82, 2.24) is 0 Å². The lowest BCUT2D eigenvalue weighted by Gasteiger charge is -2.12. The third-order valence-electron chi connectivity index (χ3n) is 3.56. The maximum atomic E-state index is 11.8. The van der Waals surface area contributed by atoms with Crippen LogP contribution in [0.1, 0.15) is 57.4 Å². The first-order chi connectivity index (χ1) is 10.5. The number of carbonyl (C=O) groups excluding carboxylic acids is 1. The molecule has 0 aliphatic carbocycles. The second kappa shape index (κ2) is 9.98. The van der Waals surface area contributed by atoms with Crippen molar-refractivity contribution < 1.29 is 19.4 Å². The highest BCUT2D eigenvalue weighted by atomic mass is 16.5. The number of aliphatic carboxylic acids is 1. The molecule has 0 amide bonds. The van der Waals surface area contributed by atoms with Gasteiger partial charge in [0, 0.05) is 0 Å². The standard InChI is InChI=1S/C18H26O4/c1-14(2)9-5-4-8-12-22-17(19)13-16(18(20)21)15-10-6-3-7-11-15/h3,6-7,10-11,14,16H,4-5,8-9,12-13H2,1-2H3,(H,20,21). The molecule has 0 heterocycles. The van der Waals surface area contributed by atoms with E-state index in [0.29, 0.717) is 18.1 Å². The molecule has 1 aromatic carbocycles. The zero-order valence-electron chi connectivity index (χ0n) is 13.5. The maximum absolute atomic E-state index is 11.8. The maximum Gasteiger partial charge on any atom is 0.311 e. The molecule has 4 heteroatoms. The minimum Gasteiger partial charge on any atom is -0.481 e. The molecule has 1 rings (SSSR count). The number of ether oxygens (including phenoxy) is 1. The zero-order chi connectivity index (χ0) is 16.4. The molecule has 22 heavy (non-hydrogen) atoms. The van der Waals surface area contributed by atoms with Crippen LogP contribution in [0.25, 0.3) is 0 Å². The monoisotopic (exact) mass is 306 g/mol. The Bertz CT molecular complexity index is 453. The van der Waals surface area contributed by atoms with Gasteiger partial charge in [0.25, 0.3) is 0 Å². The second-order valence-electron chi connectivity index (χ2n) is 5.97. The summed E-state index contributed by atoms with van der Waals surface area (Å²) in [5, 5.41) is 9.26. The van der Waals surface area contributed by atoms with Crippen LogP contribution in [0.15, 0.2) is 30.3 Å². The Morgan fingerprint density at radius 2 is 1.77 bits per heavy atom. The van der Waals surface area contributed by atoms with Crippen LogP contribution in [-0.4, -0.2) is 23.7 Å². The van der Waals surface area contributed by atoms with E-state index in [1.54, 1.807) is 24.3 Å². The molecule has 1 atom stereocenters. The molecule has 0 aliphatic heterocycles. The summed E-state index contributed by atoms with van der Waals surface area (Å²) in [4.78, 5) is 23.1. The first kappa shape index (κ1) is 18.2. The highest BCUT2D eigenvalue weighted by Crippen LogP contribution is 2.20. The van der Waals surface area contributed by atoms with Gasteiger partial charge in [-0.25, -0.2) is 0 Å². The molecule has 4 nitrogen and oxygen atoms in total. The molecule has 122 valence electrons. The Kier molecular flexibility index (Phi) is 8.26. The first-order valence-electron chi connectivity index (χ1n) is 7.94. The third-order valence-corrected chi connectivity index (χ3v) is 3.56. The lowest BCUT2D eigenvalue weighted by atomic mass is 9.96. The highest BCUT2D eigenvalue weighted by Gasteiger charge is 2.23. The van der Waals surface area contributed by atoms with E-state index in [-0.39, 0.29) is 6.42 Å². The quantitative estimate of drug-likeness (QED) is 0.524. The van der Waals surface area contributed by atoms with Gasteiger partial charge in [-0.15, -0.1) is 0 Å². The molecule has 1 aromatic rings. The molecule has 0 bridgehead atoms. The van der Waals surface area contributed by atoms with Gasteiger partial charge in [0.15, 0.2) is 0 Å². The summed E-state index contributed by atoms with van der Waals surface area (Å²) in [7, 11) is 0. The molecular weight excluding hydrogens is 280 g/mol. The van der Waals surface area contributed by atoms with E-state index in [1.165, 1.54) is 6.42 Å². The SMILES string of the molecule is CC(C)CCCCCOC(=O)CC(C(=O)O)c1ccccc1. The lowest BCUT2D eigenvalue weighted by Crippen LogP contribution is -2.18. The van der Waals surface area contributed by atoms with Crippen LogP contribution in [0, 0.1) is 5.92 Å². The van der Waals surface area contributed by atoms with Crippen LogP contribution in [0.5, 0.6) is 0 Å². The van der Waals surface area contributed by atoms with E-state index in [4.69, 9.17) is 4.74 Å². The number of hydrogen-bond acceptors (Lipinski definition) is 3. The number of carboxylic acid groups (broad SMARTS) is 1. The average molecular weight is 306 g/mol. The van der Waals surface area contributed by atoms with Gasteiger partial charge in [0.1, 0.15) is 0 Å². The summed E-state index contributed by atoms with van der Waals surface area (Å²) in [6, 6.07) is 8.80. The summed E-state index contributed by atoms with van der Waals surface area (Å²) < 4.78 is 5.15. The van der Waals surface area contributed by atoms with Crippen molar-refractivity contribution >= 4 is 11.9 Å². The first-order valence-corrected chi connectivity index (χ1v) is 7.94. The van der Waals surface area contributed by atoms with Gasteiger partial charge in [0.2, 0.25) is 0 Å². The van der Waals surface area contributed by atoms with Crippen molar-refractivity contribution in [1.29, 1.82) is 0 Å². The van der Waals surface area contributed by atoms with E-state index in [9.17, 15) is 14.7 Å². The molecule has 0 spiro atoms. The summed E-state index contributed by atoms with van der Waals surface area (Å²) in [6.45, 7) is 4.75. The van der Waals surface area contributed by atoms with Gasteiger partial charge < -0.3 is 9.84 Å². The van der Waals surface area contributed by atoms with Crippen molar-refractivity contribution in [2.75, 3.05) is 6.61 Å². The van der Waals surface area contributed by atoms with Crippen molar-refractivity contribution in [2.24, 2.45) is 5.92 Å². The Balaban J connectivity index is 2.31. The van der Waals surface area contributed by atoms with Crippen molar-refractivity contribution in [3.63, 3.8) is 0 Å². The number of benzene rings is 1. The largest absolute Gasteiger partial charge is 0.481 e. The van der Waals surface area contributed by atoms with Crippen LogP contribution in [0.2, 0.25) is 0 Å². The number of rotatable bonds is 10. The van der Waals surface area contributed by atoms with E-state index in [1.807, 2.05) is 6.07 Å². The molecule has 0 fully saturated rings. The molecular formula is C18H26O4. The number of carbonyl (C=O) groups is 2. The summed E-state index contributed by atoms with van der Waals surface area (Å²) in [6.07, 6.45) is 4.07.